The Morgan fingerprint density at radius 2 is 2.10 bits per heavy atom. The second-order valence-electron chi connectivity index (χ2n) is 5.36. The van der Waals surface area contributed by atoms with E-state index in [2.05, 4.69) is 10.2 Å². The Hall–Kier alpha value is -1.13. The van der Waals surface area contributed by atoms with Crippen LogP contribution in [0.3, 0.4) is 0 Å². The highest BCUT2D eigenvalue weighted by Crippen LogP contribution is 2.22. The second-order valence-corrected chi connectivity index (χ2v) is 5.36. The second kappa shape index (κ2) is 7.60. The first-order chi connectivity index (χ1) is 9.70. The van der Waals surface area contributed by atoms with Gasteiger partial charge in [0.2, 0.25) is 0 Å². The first kappa shape index (κ1) is 15.3. The van der Waals surface area contributed by atoms with Gasteiger partial charge in [0.05, 0.1) is 0 Å². The quantitative estimate of drug-likeness (QED) is 0.831. The number of nitrogens with one attached hydrogen (secondary N) is 1. The van der Waals surface area contributed by atoms with E-state index in [9.17, 15) is 4.39 Å². The molecule has 112 valence electrons. The highest BCUT2D eigenvalue weighted by molar-refractivity contribution is 5.30. The van der Waals surface area contributed by atoms with Gasteiger partial charge in [-0.3, -0.25) is 4.90 Å². The molecular weight excluding hydrogens is 255 g/mol. The Morgan fingerprint density at radius 3 is 2.75 bits per heavy atom. The molecule has 0 radical (unpaired) electrons. The van der Waals surface area contributed by atoms with Crippen molar-refractivity contribution in [1.82, 2.24) is 10.2 Å². The average molecular weight is 280 g/mol. The van der Waals surface area contributed by atoms with Crippen molar-refractivity contribution in [2.24, 2.45) is 0 Å². The van der Waals surface area contributed by atoms with Gasteiger partial charge in [-0.05, 0) is 45.5 Å². The van der Waals surface area contributed by atoms with E-state index < -0.39 is 0 Å². The molecule has 3 nitrogen and oxygen atoms in total. The van der Waals surface area contributed by atoms with Crippen molar-refractivity contribution in [3.63, 3.8) is 0 Å². The summed E-state index contributed by atoms with van der Waals surface area (Å²) in [6, 6.07) is 5.19. The number of ether oxygens (including phenoxy) is 1. The van der Waals surface area contributed by atoms with Crippen LogP contribution in [0.5, 0.6) is 5.75 Å². The Bertz CT molecular complexity index is 419. The molecule has 0 bridgehead atoms. The first-order valence-electron chi connectivity index (χ1n) is 7.58. The maximum Gasteiger partial charge on any atom is 0.131 e. The lowest BCUT2D eigenvalue weighted by Gasteiger charge is -2.16. The topological polar surface area (TPSA) is 24.5 Å². The molecule has 1 aliphatic heterocycles. The van der Waals surface area contributed by atoms with E-state index in [-0.39, 0.29) is 11.9 Å². The minimum absolute atomic E-state index is 0.0265. The van der Waals surface area contributed by atoms with Crippen molar-refractivity contribution in [2.75, 3.05) is 32.8 Å². The van der Waals surface area contributed by atoms with Crippen LogP contribution in [0.25, 0.3) is 0 Å². The fourth-order valence-electron chi connectivity index (χ4n) is 2.66. The zero-order valence-corrected chi connectivity index (χ0v) is 12.5. The van der Waals surface area contributed by atoms with E-state index in [1.54, 1.807) is 0 Å². The van der Waals surface area contributed by atoms with Crippen molar-refractivity contribution < 1.29 is 9.13 Å². The predicted molar refractivity (Wildman–Crippen MR) is 79.7 cm³/mol. The van der Waals surface area contributed by atoms with Crippen molar-refractivity contribution in [1.29, 1.82) is 0 Å². The zero-order valence-electron chi connectivity index (χ0n) is 12.5. The molecule has 20 heavy (non-hydrogen) atoms. The van der Waals surface area contributed by atoms with Gasteiger partial charge in [0.25, 0.3) is 0 Å². The standard InChI is InChI=1S/C16H25FN2O/c1-3-18-13(2)15-7-6-14(12-16(15)17)20-11-10-19-8-4-5-9-19/h6-7,12-13,18H,3-5,8-11H2,1-2H3. The molecule has 1 aromatic carbocycles. The fraction of sp³-hybridized carbons (Fsp3) is 0.625. The molecule has 1 fully saturated rings. The van der Waals surface area contributed by atoms with Gasteiger partial charge in [-0.15, -0.1) is 0 Å². The van der Waals surface area contributed by atoms with Gasteiger partial charge in [-0.25, -0.2) is 4.39 Å². The minimum atomic E-state index is -0.197. The number of hydrogen-bond acceptors (Lipinski definition) is 3. The molecule has 4 heteroatoms. The molecule has 0 saturated carbocycles. The summed E-state index contributed by atoms with van der Waals surface area (Å²) in [4.78, 5) is 2.39. The van der Waals surface area contributed by atoms with E-state index in [1.807, 2.05) is 26.0 Å². The number of hydrogen-bond donors (Lipinski definition) is 1. The molecule has 0 aromatic heterocycles. The Balaban J connectivity index is 1.84. The molecule has 1 heterocycles. The van der Waals surface area contributed by atoms with Crippen LogP contribution in [-0.4, -0.2) is 37.7 Å². The molecule has 1 aliphatic rings. The van der Waals surface area contributed by atoms with Crippen LogP contribution in [0.2, 0.25) is 0 Å². The van der Waals surface area contributed by atoms with Crippen LogP contribution in [0, 0.1) is 5.82 Å². The summed E-state index contributed by atoms with van der Waals surface area (Å²) in [5.74, 6) is 0.422. The lowest BCUT2D eigenvalue weighted by Crippen LogP contribution is -2.25. The average Bonchev–Trinajstić information content (AvgIpc) is 2.92. The first-order valence-corrected chi connectivity index (χ1v) is 7.58. The van der Waals surface area contributed by atoms with Gasteiger partial charge in [0.1, 0.15) is 18.2 Å². The summed E-state index contributed by atoms with van der Waals surface area (Å²) in [5, 5.41) is 3.21. The Labute approximate surface area is 121 Å². The summed E-state index contributed by atoms with van der Waals surface area (Å²) in [6.07, 6.45) is 2.57. The molecule has 1 atom stereocenters. The van der Waals surface area contributed by atoms with Gasteiger partial charge >= 0.3 is 0 Å². The fourth-order valence-corrected chi connectivity index (χ4v) is 2.66. The molecule has 1 N–H and O–H groups in total. The molecule has 2 rings (SSSR count). The SMILES string of the molecule is CCNC(C)c1ccc(OCCN2CCCC2)cc1F. The van der Waals surface area contributed by atoms with Crippen LogP contribution in [0.4, 0.5) is 4.39 Å². The Morgan fingerprint density at radius 1 is 1.35 bits per heavy atom. The van der Waals surface area contributed by atoms with E-state index in [0.29, 0.717) is 17.9 Å². The zero-order chi connectivity index (χ0) is 14.4. The summed E-state index contributed by atoms with van der Waals surface area (Å²) >= 11 is 0. The van der Waals surface area contributed by atoms with Crippen molar-refractivity contribution in [3.05, 3.63) is 29.6 Å². The number of nitrogens with zero attached hydrogens (tertiary/aromatic N) is 1. The largest absolute Gasteiger partial charge is 0.492 e. The van der Waals surface area contributed by atoms with Crippen LogP contribution in [0.1, 0.15) is 38.3 Å². The van der Waals surface area contributed by atoms with Gasteiger partial charge in [0.15, 0.2) is 0 Å². The molecule has 1 aromatic rings. The lowest BCUT2D eigenvalue weighted by molar-refractivity contribution is 0.237. The van der Waals surface area contributed by atoms with Gasteiger partial charge in [-0.2, -0.15) is 0 Å². The summed E-state index contributed by atoms with van der Waals surface area (Å²) in [7, 11) is 0. The molecule has 1 unspecified atom stereocenters. The van der Waals surface area contributed by atoms with Gasteiger partial charge < -0.3 is 10.1 Å². The van der Waals surface area contributed by atoms with Crippen LogP contribution >= 0.6 is 0 Å². The third-order valence-corrected chi connectivity index (χ3v) is 3.82. The highest BCUT2D eigenvalue weighted by atomic mass is 19.1. The summed E-state index contributed by atoms with van der Waals surface area (Å²) in [5.41, 5.74) is 0.693. The highest BCUT2D eigenvalue weighted by Gasteiger charge is 2.12. The van der Waals surface area contributed by atoms with Crippen LogP contribution in [0.15, 0.2) is 18.2 Å². The Kier molecular flexibility index (Phi) is 5.80. The number of halogens is 1. The lowest BCUT2D eigenvalue weighted by atomic mass is 10.1. The van der Waals surface area contributed by atoms with E-state index >= 15 is 0 Å². The maximum atomic E-state index is 14.0. The van der Waals surface area contributed by atoms with E-state index in [0.717, 1.165) is 26.2 Å². The third-order valence-electron chi connectivity index (χ3n) is 3.82. The molecule has 0 aliphatic carbocycles. The summed E-state index contributed by atoms with van der Waals surface area (Å²) in [6.45, 7) is 8.70. The summed E-state index contributed by atoms with van der Waals surface area (Å²) < 4.78 is 19.7. The van der Waals surface area contributed by atoms with Crippen molar-refractivity contribution in [3.8, 4) is 5.75 Å². The molecular formula is C16H25FN2O. The van der Waals surface area contributed by atoms with Crippen LogP contribution in [-0.2, 0) is 0 Å². The molecule has 0 amide bonds. The van der Waals surface area contributed by atoms with Gasteiger partial charge in [0, 0.05) is 24.2 Å². The van der Waals surface area contributed by atoms with Gasteiger partial charge in [-0.1, -0.05) is 13.0 Å². The maximum absolute atomic E-state index is 14.0. The van der Waals surface area contributed by atoms with Crippen molar-refractivity contribution in [2.45, 2.75) is 32.7 Å². The number of benzene rings is 1. The number of likely N-dealkylation sites (tertiary alicyclic amines) is 1. The normalized spacial score (nSPS) is 17.4. The molecule has 0 spiro atoms. The number of rotatable bonds is 7. The monoisotopic (exact) mass is 280 g/mol. The predicted octanol–water partition coefficient (Wildman–Crippen LogP) is 2.97. The third kappa shape index (κ3) is 4.18. The molecule has 1 saturated heterocycles. The van der Waals surface area contributed by atoms with Crippen LogP contribution < -0.4 is 10.1 Å². The smallest absolute Gasteiger partial charge is 0.131 e. The van der Waals surface area contributed by atoms with Crippen molar-refractivity contribution >= 4 is 0 Å². The van der Waals surface area contributed by atoms with E-state index in [4.69, 9.17) is 4.74 Å². The minimum Gasteiger partial charge on any atom is -0.492 e. The van der Waals surface area contributed by atoms with E-state index in [1.165, 1.54) is 18.9 Å².